The van der Waals surface area contributed by atoms with Gasteiger partial charge >= 0.3 is 0 Å². The van der Waals surface area contributed by atoms with E-state index < -0.39 is 0 Å². The molecule has 0 unspecified atom stereocenters. The lowest BCUT2D eigenvalue weighted by molar-refractivity contribution is 1.31. The van der Waals surface area contributed by atoms with Gasteiger partial charge in [-0.3, -0.25) is 0 Å². The zero-order valence-corrected chi connectivity index (χ0v) is 11.7. The van der Waals surface area contributed by atoms with Crippen LogP contribution in [0.5, 0.6) is 0 Å². The summed E-state index contributed by atoms with van der Waals surface area (Å²) >= 11 is 16.4. The number of benzene rings is 1. The van der Waals surface area contributed by atoms with Crippen molar-refractivity contribution in [2.24, 2.45) is 4.99 Å². The topological polar surface area (TPSA) is 25.2 Å². The van der Waals surface area contributed by atoms with Gasteiger partial charge in [-0.15, -0.1) is 0 Å². The van der Waals surface area contributed by atoms with Crippen molar-refractivity contribution in [3.8, 4) is 0 Å². The Morgan fingerprint density at radius 1 is 1.24 bits per heavy atom. The summed E-state index contributed by atoms with van der Waals surface area (Å²) in [6.07, 6.45) is 1.64. The summed E-state index contributed by atoms with van der Waals surface area (Å²) in [4.78, 5) is 7.85. The predicted molar refractivity (Wildman–Crippen MR) is 77.8 cm³/mol. The lowest BCUT2D eigenvalue weighted by Gasteiger charge is -2.01. The second-order valence-electron chi connectivity index (χ2n) is 2.85. The van der Waals surface area contributed by atoms with E-state index in [1.165, 1.54) is 0 Å². The predicted octanol–water partition coefficient (Wildman–Crippen LogP) is 5.30. The molecule has 88 valence electrons. The Morgan fingerprint density at radius 2 is 1.94 bits per heavy atom. The van der Waals surface area contributed by atoms with E-state index in [2.05, 4.69) is 27.4 Å². The number of thiocarbonyl (C=S) groups is 1. The number of hydrogen-bond acceptors (Lipinski definition) is 3. The molecule has 2 nitrogen and oxygen atoms in total. The Balaban J connectivity index is 0.000000686. The standard InChI is InChI=1S/C10H4Cl2N2S.C2H6/c11-7-1-6-2-10(14-5-15)13-4-8(6)9(12)3-7;1-2/h1-4H;1-2H3. The monoisotopic (exact) mass is 284 g/mol. The Kier molecular flexibility index (Phi) is 5.52. The summed E-state index contributed by atoms with van der Waals surface area (Å²) in [5.74, 6) is 0.496. The van der Waals surface area contributed by atoms with Crippen LogP contribution >= 0.6 is 35.4 Å². The average molecular weight is 285 g/mol. The molecule has 5 heteroatoms. The molecule has 0 spiro atoms. The van der Waals surface area contributed by atoms with E-state index in [1.54, 1.807) is 24.4 Å². The van der Waals surface area contributed by atoms with Gasteiger partial charge in [0.05, 0.1) is 10.2 Å². The van der Waals surface area contributed by atoms with E-state index in [1.807, 2.05) is 13.8 Å². The fraction of sp³-hybridized carbons (Fsp3) is 0.167. The fourth-order valence-corrected chi connectivity index (χ4v) is 1.93. The summed E-state index contributed by atoms with van der Waals surface area (Å²) < 4.78 is 0. The minimum atomic E-state index is 0.496. The van der Waals surface area contributed by atoms with Gasteiger partial charge in [-0.2, -0.15) is 4.99 Å². The fourth-order valence-electron chi connectivity index (χ4n) is 1.28. The van der Waals surface area contributed by atoms with E-state index in [0.717, 1.165) is 10.8 Å². The van der Waals surface area contributed by atoms with Crippen LogP contribution in [-0.4, -0.2) is 10.1 Å². The van der Waals surface area contributed by atoms with Crippen LogP contribution in [0, 0.1) is 0 Å². The zero-order valence-electron chi connectivity index (χ0n) is 9.37. The number of fused-ring (bicyclic) bond motifs is 1. The van der Waals surface area contributed by atoms with Gasteiger partial charge in [0.15, 0.2) is 5.82 Å². The van der Waals surface area contributed by atoms with Crippen LogP contribution in [-0.2, 0) is 0 Å². The number of aliphatic imine (C=N–C) groups is 1. The molecule has 0 aliphatic rings. The first-order valence-corrected chi connectivity index (χ1v) is 6.20. The van der Waals surface area contributed by atoms with Crippen LogP contribution < -0.4 is 0 Å². The molecule has 0 radical (unpaired) electrons. The Hall–Kier alpha value is -0.990. The van der Waals surface area contributed by atoms with E-state index >= 15 is 0 Å². The van der Waals surface area contributed by atoms with Crippen molar-refractivity contribution in [2.75, 3.05) is 0 Å². The maximum absolute atomic E-state index is 6.00. The molecule has 0 aliphatic carbocycles. The molecule has 0 atom stereocenters. The molecule has 0 N–H and O–H groups in total. The Labute approximate surface area is 115 Å². The first-order chi connectivity index (χ1) is 8.20. The average Bonchev–Trinajstić information content (AvgIpc) is 2.31. The molecule has 1 aromatic heterocycles. The molecule has 0 amide bonds. The molecule has 1 aromatic carbocycles. The molecular formula is C12H10Cl2N2S. The van der Waals surface area contributed by atoms with Crippen LogP contribution in [0.1, 0.15) is 13.8 Å². The molecule has 0 saturated heterocycles. The SMILES string of the molecule is CC.S=C=Nc1cc2cc(Cl)cc(Cl)c2cn1. The maximum Gasteiger partial charge on any atom is 0.163 e. The van der Waals surface area contributed by atoms with Gasteiger partial charge in [-0.25, -0.2) is 4.98 Å². The summed E-state index contributed by atoms with van der Waals surface area (Å²) in [7, 11) is 0. The minimum absolute atomic E-state index is 0.496. The highest BCUT2D eigenvalue weighted by Gasteiger charge is 2.02. The third kappa shape index (κ3) is 3.48. The number of pyridine rings is 1. The van der Waals surface area contributed by atoms with Gasteiger partial charge in [-0.1, -0.05) is 37.0 Å². The summed E-state index contributed by atoms with van der Waals surface area (Å²) in [5.41, 5.74) is 0. The van der Waals surface area contributed by atoms with E-state index in [0.29, 0.717) is 15.9 Å². The smallest absolute Gasteiger partial charge is 0.163 e. The number of halogens is 2. The van der Waals surface area contributed by atoms with Gasteiger partial charge < -0.3 is 0 Å². The molecule has 2 aromatic rings. The normalized spacial score (nSPS) is 9.18. The van der Waals surface area contributed by atoms with Crippen LogP contribution in [0.3, 0.4) is 0 Å². The van der Waals surface area contributed by atoms with Crippen LogP contribution in [0.15, 0.2) is 29.4 Å². The molecule has 17 heavy (non-hydrogen) atoms. The second-order valence-corrected chi connectivity index (χ2v) is 3.88. The minimum Gasteiger partial charge on any atom is -0.236 e. The van der Waals surface area contributed by atoms with Crippen molar-refractivity contribution in [1.29, 1.82) is 0 Å². The highest BCUT2D eigenvalue weighted by Crippen LogP contribution is 2.28. The number of hydrogen-bond donors (Lipinski definition) is 0. The lowest BCUT2D eigenvalue weighted by Crippen LogP contribution is -1.79. The van der Waals surface area contributed by atoms with Crippen LogP contribution in [0.4, 0.5) is 5.82 Å². The van der Waals surface area contributed by atoms with Crippen LogP contribution in [0.2, 0.25) is 10.0 Å². The van der Waals surface area contributed by atoms with Gasteiger partial charge in [0.2, 0.25) is 0 Å². The van der Waals surface area contributed by atoms with Crippen molar-refractivity contribution in [1.82, 2.24) is 4.98 Å². The molecule has 0 saturated carbocycles. The van der Waals surface area contributed by atoms with E-state index in [4.69, 9.17) is 23.2 Å². The third-order valence-electron chi connectivity index (χ3n) is 1.90. The zero-order chi connectivity index (χ0) is 12.8. The first-order valence-electron chi connectivity index (χ1n) is 5.03. The number of rotatable bonds is 1. The molecule has 0 bridgehead atoms. The molecular weight excluding hydrogens is 275 g/mol. The number of nitrogens with zero attached hydrogens (tertiary/aromatic N) is 2. The molecule has 2 rings (SSSR count). The molecule has 0 fully saturated rings. The Morgan fingerprint density at radius 3 is 2.59 bits per heavy atom. The lowest BCUT2D eigenvalue weighted by atomic mass is 10.2. The van der Waals surface area contributed by atoms with Crippen molar-refractivity contribution < 1.29 is 0 Å². The van der Waals surface area contributed by atoms with Crippen molar-refractivity contribution in [3.05, 3.63) is 34.4 Å². The van der Waals surface area contributed by atoms with Gasteiger partial charge in [-0.05, 0) is 35.8 Å². The van der Waals surface area contributed by atoms with Crippen molar-refractivity contribution >= 4 is 57.2 Å². The molecule has 1 heterocycles. The van der Waals surface area contributed by atoms with Crippen LogP contribution in [0.25, 0.3) is 10.8 Å². The highest BCUT2D eigenvalue weighted by molar-refractivity contribution is 7.78. The van der Waals surface area contributed by atoms with E-state index in [9.17, 15) is 0 Å². The second kappa shape index (κ2) is 6.67. The van der Waals surface area contributed by atoms with Crippen molar-refractivity contribution in [3.63, 3.8) is 0 Å². The third-order valence-corrected chi connectivity index (χ3v) is 2.52. The summed E-state index contributed by atoms with van der Waals surface area (Å²) in [6.45, 7) is 4.00. The number of aromatic nitrogens is 1. The first kappa shape index (κ1) is 14.1. The summed E-state index contributed by atoms with van der Waals surface area (Å²) in [6, 6.07) is 5.23. The van der Waals surface area contributed by atoms with Gasteiger partial charge in [0, 0.05) is 16.6 Å². The maximum atomic E-state index is 6.00. The summed E-state index contributed by atoms with van der Waals surface area (Å²) in [5, 5.41) is 5.13. The Bertz CT molecular complexity index is 578. The number of isothiocyanates is 1. The highest BCUT2D eigenvalue weighted by atomic mass is 35.5. The van der Waals surface area contributed by atoms with E-state index in [-0.39, 0.29) is 0 Å². The van der Waals surface area contributed by atoms with Gasteiger partial charge in [0.25, 0.3) is 0 Å². The van der Waals surface area contributed by atoms with Gasteiger partial charge in [0.1, 0.15) is 0 Å². The quantitative estimate of drug-likeness (QED) is 0.524. The molecule has 0 aliphatic heterocycles. The van der Waals surface area contributed by atoms with Crippen molar-refractivity contribution in [2.45, 2.75) is 13.8 Å². The largest absolute Gasteiger partial charge is 0.236 e.